The minimum Gasteiger partial charge on any atom is -0.311 e. The molecule has 0 aromatic heterocycles. The van der Waals surface area contributed by atoms with E-state index in [4.69, 9.17) is 11.6 Å². The molecule has 1 fully saturated rings. The molecule has 1 N–H and O–H groups in total. The quantitative estimate of drug-likeness (QED) is 0.811. The third-order valence-electron chi connectivity index (χ3n) is 3.81. The molecule has 0 bridgehead atoms. The third-order valence-corrected chi connectivity index (χ3v) is 4.06. The summed E-state index contributed by atoms with van der Waals surface area (Å²) in [6.07, 6.45) is 14.1. The van der Waals surface area contributed by atoms with Crippen molar-refractivity contribution in [2.24, 2.45) is 0 Å². The van der Waals surface area contributed by atoms with E-state index >= 15 is 0 Å². The van der Waals surface area contributed by atoms with Crippen LogP contribution in [0.4, 0.5) is 0 Å². The molecule has 0 aliphatic heterocycles. The molecular formula is C17H24ClN. The predicted octanol–water partition coefficient (Wildman–Crippen LogP) is 5.06. The lowest BCUT2D eigenvalue weighted by atomic mass is 9.97. The highest BCUT2D eigenvalue weighted by atomic mass is 35.5. The van der Waals surface area contributed by atoms with Crippen LogP contribution in [0.25, 0.3) is 6.08 Å². The normalized spacial score (nSPS) is 18.4. The zero-order chi connectivity index (χ0) is 13.3. The highest BCUT2D eigenvalue weighted by Gasteiger charge is 2.09. The van der Waals surface area contributed by atoms with Crippen LogP contribution in [-0.2, 0) is 0 Å². The maximum Gasteiger partial charge on any atom is 0.0406 e. The molecule has 104 valence electrons. The summed E-state index contributed by atoms with van der Waals surface area (Å²) in [6.45, 7) is 0.966. The first kappa shape index (κ1) is 14.6. The SMILES string of the molecule is Clc1ccc(/C=C/CNC2CCCCCCC2)cc1. The zero-order valence-electron chi connectivity index (χ0n) is 11.6. The lowest BCUT2D eigenvalue weighted by Crippen LogP contribution is -2.29. The Bertz CT molecular complexity index is 375. The second kappa shape index (κ2) is 8.39. The van der Waals surface area contributed by atoms with Crippen LogP contribution in [0.1, 0.15) is 50.5 Å². The third kappa shape index (κ3) is 5.80. The maximum absolute atomic E-state index is 5.87. The van der Waals surface area contributed by atoms with E-state index in [2.05, 4.69) is 29.6 Å². The summed E-state index contributed by atoms with van der Waals surface area (Å²) in [7, 11) is 0. The summed E-state index contributed by atoms with van der Waals surface area (Å²) in [5.74, 6) is 0. The van der Waals surface area contributed by atoms with E-state index < -0.39 is 0 Å². The summed E-state index contributed by atoms with van der Waals surface area (Å²) < 4.78 is 0. The Balaban J connectivity index is 1.71. The van der Waals surface area contributed by atoms with Gasteiger partial charge in [0, 0.05) is 17.6 Å². The minimum absolute atomic E-state index is 0.718. The standard InChI is InChI=1S/C17H24ClN/c18-16-12-10-15(11-13-16)7-6-14-19-17-8-4-2-1-3-5-9-17/h6-7,10-13,17,19H,1-5,8-9,14H2/b7-6+. The van der Waals surface area contributed by atoms with Gasteiger partial charge in [0.15, 0.2) is 0 Å². The molecule has 0 radical (unpaired) electrons. The fourth-order valence-electron chi connectivity index (χ4n) is 2.66. The molecule has 1 aromatic rings. The smallest absolute Gasteiger partial charge is 0.0406 e. The molecule has 1 nitrogen and oxygen atoms in total. The van der Waals surface area contributed by atoms with Crippen molar-refractivity contribution in [2.45, 2.75) is 51.0 Å². The van der Waals surface area contributed by atoms with Gasteiger partial charge in [-0.2, -0.15) is 0 Å². The fourth-order valence-corrected chi connectivity index (χ4v) is 2.79. The first-order valence-corrected chi connectivity index (χ1v) is 7.88. The molecule has 0 spiro atoms. The van der Waals surface area contributed by atoms with Gasteiger partial charge in [-0.05, 0) is 30.5 Å². The molecule has 0 amide bonds. The van der Waals surface area contributed by atoms with E-state index in [0.29, 0.717) is 0 Å². The van der Waals surface area contributed by atoms with Gasteiger partial charge < -0.3 is 5.32 Å². The van der Waals surface area contributed by atoms with Crippen LogP contribution in [0, 0.1) is 0 Å². The molecule has 1 aliphatic rings. The van der Waals surface area contributed by atoms with Gasteiger partial charge in [-0.25, -0.2) is 0 Å². The number of rotatable bonds is 4. The van der Waals surface area contributed by atoms with Gasteiger partial charge in [0.05, 0.1) is 0 Å². The molecule has 0 heterocycles. The maximum atomic E-state index is 5.87. The number of hydrogen-bond donors (Lipinski definition) is 1. The molecule has 2 heteroatoms. The molecule has 0 unspecified atom stereocenters. The van der Waals surface area contributed by atoms with Crippen LogP contribution in [0.15, 0.2) is 30.3 Å². The summed E-state index contributed by atoms with van der Waals surface area (Å²) in [5.41, 5.74) is 1.21. The molecule has 0 atom stereocenters. The van der Waals surface area contributed by atoms with Crippen LogP contribution in [0.2, 0.25) is 5.02 Å². The topological polar surface area (TPSA) is 12.0 Å². The van der Waals surface area contributed by atoms with E-state index in [1.165, 1.54) is 50.5 Å². The molecular weight excluding hydrogens is 254 g/mol. The first-order valence-electron chi connectivity index (χ1n) is 7.50. The van der Waals surface area contributed by atoms with Crippen molar-refractivity contribution in [1.29, 1.82) is 0 Å². The van der Waals surface area contributed by atoms with Crippen LogP contribution in [0.5, 0.6) is 0 Å². The second-order valence-corrected chi connectivity index (χ2v) is 5.84. The molecule has 1 saturated carbocycles. The largest absolute Gasteiger partial charge is 0.311 e. The fraction of sp³-hybridized carbons (Fsp3) is 0.529. The van der Waals surface area contributed by atoms with E-state index in [-0.39, 0.29) is 0 Å². The Morgan fingerprint density at radius 1 is 1.00 bits per heavy atom. The Kier molecular flexibility index (Phi) is 6.46. The zero-order valence-corrected chi connectivity index (χ0v) is 12.3. The van der Waals surface area contributed by atoms with Gasteiger partial charge in [-0.1, -0.05) is 68.0 Å². The van der Waals surface area contributed by atoms with Crippen molar-refractivity contribution >= 4 is 17.7 Å². The van der Waals surface area contributed by atoms with Crippen LogP contribution in [-0.4, -0.2) is 12.6 Å². The number of halogens is 1. The van der Waals surface area contributed by atoms with Crippen molar-refractivity contribution in [3.05, 3.63) is 40.9 Å². The summed E-state index contributed by atoms with van der Waals surface area (Å²) in [4.78, 5) is 0. The molecule has 1 aromatic carbocycles. The van der Waals surface area contributed by atoms with Crippen molar-refractivity contribution in [3.8, 4) is 0 Å². The van der Waals surface area contributed by atoms with E-state index in [1.807, 2.05) is 12.1 Å². The Labute approximate surface area is 122 Å². The van der Waals surface area contributed by atoms with Crippen LogP contribution >= 0.6 is 11.6 Å². The summed E-state index contributed by atoms with van der Waals surface area (Å²) in [6, 6.07) is 8.69. The number of hydrogen-bond acceptors (Lipinski definition) is 1. The highest BCUT2D eigenvalue weighted by Crippen LogP contribution is 2.17. The first-order chi connectivity index (χ1) is 9.34. The van der Waals surface area contributed by atoms with E-state index in [9.17, 15) is 0 Å². The van der Waals surface area contributed by atoms with Crippen LogP contribution in [0.3, 0.4) is 0 Å². The van der Waals surface area contributed by atoms with E-state index in [1.54, 1.807) is 0 Å². The minimum atomic E-state index is 0.718. The van der Waals surface area contributed by atoms with Gasteiger partial charge >= 0.3 is 0 Å². The lowest BCUT2D eigenvalue weighted by Gasteiger charge is -2.20. The molecule has 0 saturated heterocycles. The Morgan fingerprint density at radius 3 is 2.32 bits per heavy atom. The van der Waals surface area contributed by atoms with Crippen molar-refractivity contribution in [1.82, 2.24) is 5.32 Å². The lowest BCUT2D eigenvalue weighted by molar-refractivity contribution is 0.401. The number of nitrogens with one attached hydrogen (secondary N) is 1. The van der Waals surface area contributed by atoms with Gasteiger partial charge in [0.25, 0.3) is 0 Å². The number of benzene rings is 1. The van der Waals surface area contributed by atoms with Gasteiger partial charge in [0.2, 0.25) is 0 Å². The van der Waals surface area contributed by atoms with Crippen molar-refractivity contribution in [3.63, 3.8) is 0 Å². The monoisotopic (exact) mass is 277 g/mol. The van der Waals surface area contributed by atoms with Crippen LogP contribution < -0.4 is 5.32 Å². The van der Waals surface area contributed by atoms with Gasteiger partial charge in [-0.15, -0.1) is 0 Å². The van der Waals surface area contributed by atoms with Crippen molar-refractivity contribution in [2.75, 3.05) is 6.54 Å². The Morgan fingerprint density at radius 2 is 1.63 bits per heavy atom. The molecule has 19 heavy (non-hydrogen) atoms. The highest BCUT2D eigenvalue weighted by molar-refractivity contribution is 6.30. The van der Waals surface area contributed by atoms with Gasteiger partial charge in [0.1, 0.15) is 0 Å². The van der Waals surface area contributed by atoms with Crippen molar-refractivity contribution < 1.29 is 0 Å². The second-order valence-electron chi connectivity index (χ2n) is 5.40. The average Bonchev–Trinajstić information content (AvgIpc) is 2.38. The molecule has 2 rings (SSSR count). The Hall–Kier alpha value is -0.790. The average molecular weight is 278 g/mol. The summed E-state index contributed by atoms with van der Waals surface area (Å²) in [5, 5.41) is 4.45. The predicted molar refractivity (Wildman–Crippen MR) is 84.6 cm³/mol. The van der Waals surface area contributed by atoms with E-state index in [0.717, 1.165) is 17.6 Å². The molecule has 1 aliphatic carbocycles. The van der Waals surface area contributed by atoms with Gasteiger partial charge in [-0.3, -0.25) is 0 Å². The summed E-state index contributed by atoms with van der Waals surface area (Å²) >= 11 is 5.87.